The van der Waals surface area contributed by atoms with Gasteiger partial charge in [-0.05, 0) is 38.8 Å². The van der Waals surface area contributed by atoms with Crippen LogP contribution in [0, 0.1) is 18.3 Å². The number of nitriles is 1. The van der Waals surface area contributed by atoms with E-state index >= 15 is 0 Å². The van der Waals surface area contributed by atoms with Crippen LogP contribution in [-0.2, 0) is 16.6 Å². The van der Waals surface area contributed by atoms with Gasteiger partial charge in [0.15, 0.2) is 0 Å². The van der Waals surface area contributed by atoms with Gasteiger partial charge in [0.25, 0.3) is 11.5 Å². The van der Waals surface area contributed by atoms with Gasteiger partial charge in [-0.2, -0.15) is 5.26 Å². The molecule has 0 bridgehead atoms. The Kier molecular flexibility index (Phi) is 8.96. The molecule has 184 valence electrons. The number of anilines is 1. The minimum absolute atomic E-state index is 0.00595. The van der Waals surface area contributed by atoms with E-state index in [0.29, 0.717) is 45.8 Å². The summed E-state index contributed by atoms with van der Waals surface area (Å²) in [4.78, 5) is 30.5. The average molecular weight is 503 g/mol. The van der Waals surface area contributed by atoms with Gasteiger partial charge in [-0.1, -0.05) is 56.6 Å². The first-order chi connectivity index (χ1) is 16.2. The van der Waals surface area contributed by atoms with Gasteiger partial charge < -0.3 is 9.64 Å². The normalized spacial score (nSPS) is 22.1. The van der Waals surface area contributed by atoms with E-state index in [-0.39, 0.29) is 29.2 Å². The lowest BCUT2D eigenvalue weighted by molar-refractivity contribution is -0.122. The first-order valence-corrected chi connectivity index (χ1v) is 13.2. The van der Waals surface area contributed by atoms with E-state index in [0.717, 1.165) is 19.3 Å². The van der Waals surface area contributed by atoms with Crippen LogP contribution in [0.2, 0.25) is 0 Å². The molecule has 2 aliphatic rings. The van der Waals surface area contributed by atoms with Crippen LogP contribution in [0.3, 0.4) is 0 Å². The lowest BCUT2D eigenvalue weighted by atomic mass is 10.0. The van der Waals surface area contributed by atoms with E-state index in [9.17, 15) is 14.9 Å². The van der Waals surface area contributed by atoms with E-state index in [2.05, 4.69) is 17.9 Å². The Morgan fingerprint density at radius 2 is 1.82 bits per heavy atom. The van der Waals surface area contributed by atoms with Gasteiger partial charge in [-0.3, -0.25) is 19.1 Å². The molecule has 2 atom stereocenters. The van der Waals surface area contributed by atoms with Crippen molar-refractivity contribution in [2.75, 3.05) is 24.5 Å². The largest absolute Gasteiger partial charge is 0.372 e. The van der Waals surface area contributed by atoms with Gasteiger partial charge in [-0.25, -0.2) is 0 Å². The number of amides is 1. The third kappa shape index (κ3) is 5.56. The zero-order valence-corrected chi connectivity index (χ0v) is 22.4. The van der Waals surface area contributed by atoms with Crippen molar-refractivity contribution in [2.24, 2.45) is 7.05 Å². The van der Waals surface area contributed by atoms with Crippen molar-refractivity contribution in [1.29, 1.82) is 5.26 Å². The van der Waals surface area contributed by atoms with Crippen LogP contribution >= 0.6 is 24.0 Å². The standard InChI is InChI=1S/C25H34N4O3S2/c1-6-7-8-9-10-11-29-24(31)21(34-25(29)33)12-19-18(4)20(13-26)23(30)27(5)22(19)28-14-16(2)32-17(3)15-28/h12,16-17H,6-11,14-15H2,1-5H3/b21-12+. The van der Waals surface area contributed by atoms with Crippen LogP contribution in [0.5, 0.6) is 0 Å². The predicted octanol–water partition coefficient (Wildman–Crippen LogP) is 4.35. The minimum atomic E-state index is -0.335. The van der Waals surface area contributed by atoms with Gasteiger partial charge in [0.2, 0.25) is 0 Å². The molecule has 2 saturated heterocycles. The summed E-state index contributed by atoms with van der Waals surface area (Å²) in [5, 5.41) is 9.67. The molecule has 1 amide bonds. The van der Waals surface area contributed by atoms with Crippen molar-refractivity contribution in [3.63, 3.8) is 0 Å². The average Bonchev–Trinajstić information content (AvgIpc) is 3.04. The molecule has 1 aromatic heterocycles. The molecule has 0 spiro atoms. The Morgan fingerprint density at radius 1 is 1.18 bits per heavy atom. The number of nitrogens with zero attached hydrogens (tertiary/aromatic N) is 4. The van der Waals surface area contributed by atoms with Gasteiger partial charge in [0.1, 0.15) is 21.8 Å². The Bertz CT molecular complexity index is 1080. The van der Waals surface area contributed by atoms with Crippen LogP contribution < -0.4 is 10.5 Å². The maximum absolute atomic E-state index is 13.2. The summed E-state index contributed by atoms with van der Waals surface area (Å²) in [5.41, 5.74) is 1.05. The first-order valence-electron chi connectivity index (χ1n) is 12.0. The number of ether oxygens (including phenoxy) is 1. The maximum Gasteiger partial charge on any atom is 0.270 e. The van der Waals surface area contributed by atoms with Crippen LogP contribution in [0.25, 0.3) is 6.08 Å². The summed E-state index contributed by atoms with van der Waals surface area (Å²) in [6.45, 7) is 9.80. The number of hydrogen-bond donors (Lipinski definition) is 0. The van der Waals surface area contributed by atoms with Gasteiger partial charge in [0.05, 0.1) is 17.1 Å². The SMILES string of the molecule is CCCCCCCN1C(=O)/C(=C\c2c(C)c(C#N)c(=O)n(C)c2N2CC(C)OC(C)C2)SC1=S. The highest BCUT2D eigenvalue weighted by atomic mass is 32.2. The fourth-order valence-electron chi connectivity index (χ4n) is 4.64. The molecule has 0 aliphatic carbocycles. The third-order valence-electron chi connectivity index (χ3n) is 6.32. The van der Waals surface area contributed by atoms with E-state index in [4.69, 9.17) is 17.0 Å². The number of thioether (sulfide) groups is 1. The second-order valence-corrected chi connectivity index (χ2v) is 10.8. The van der Waals surface area contributed by atoms with Gasteiger partial charge in [0, 0.05) is 32.2 Å². The van der Waals surface area contributed by atoms with Crippen LogP contribution in [0.15, 0.2) is 9.70 Å². The molecule has 3 heterocycles. The highest BCUT2D eigenvalue weighted by Crippen LogP contribution is 2.36. The van der Waals surface area contributed by atoms with Crippen molar-refractivity contribution < 1.29 is 9.53 Å². The van der Waals surface area contributed by atoms with E-state index in [1.54, 1.807) is 18.9 Å². The number of morpholine rings is 1. The zero-order valence-electron chi connectivity index (χ0n) is 20.7. The fourth-order valence-corrected chi connectivity index (χ4v) is 5.93. The molecule has 0 saturated carbocycles. The van der Waals surface area contributed by atoms with Crippen LogP contribution in [0.1, 0.15) is 69.6 Å². The molecule has 2 aliphatic heterocycles. The lowest BCUT2D eigenvalue weighted by Crippen LogP contribution is -2.47. The quantitative estimate of drug-likeness (QED) is 0.297. The lowest BCUT2D eigenvalue weighted by Gasteiger charge is -2.38. The van der Waals surface area contributed by atoms with E-state index < -0.39 is 0 Å². The van der Waals surface area contributed by atoms with E-state index in [1.165, 1.54) is 29.2 Å². The molecular formula is C25H34N4O3S2. The molecule has 2 fully saturated rings. The van der Waals surface area contributed by atoms with Crippen LogP contribution in [0.4, 0.5) is 5.82 Å². The smallest absolute Gasteiger partial charge is 0.270 e. The van der Waals surface area contributed by atoms with Gasteiger partial charge >= 0.3 is 0 Å². The number of carbonyl (C=O) groups excluding carboxylic acids is 1. The summed E-state index contributed by atoms with van der Waals surface area (Å²) in [5.74, 6) is 0.597. The number of rotatable bonds is 8. The van der Waals surface area contributed by atoms with Crippen molar-refractivity contribution in [3.8, 4) is 6.07 Å². The second kappa shape index (κ2) is 11.5. The number of thiocarbonyl (C=S) groups is 1. The molecule has 1 aromatic rings. The molecule has 9 heteroatoms. The summed E-state index contributed by atoms with van der Waals surface area (Å²) in [6, 6.07) is 2.06. The molecule has 34 heavy (non-hydrogen) atoms. The van der Waals surface area contributed by atoms with Crippen molar-refractivity contribution in [3.05, 3.63) is 31.9 Å². The fraction of sp³-hybridized carbons (Fsp3) is 0.600. The van der Waals surface area contributed by atoms with Crippen molar-refractivity contribution >= 4 is 46.1 Å². The topological polar surface area (TPSA) is 78.6 Å². The Labute approximate surface area is 211 Å². The summed E-state index contributed by atoms with van der Waals surface area (Å²) < 4.78 is 7.97. The minimum Gasteiger partial charge on any atom is -0.372 e. The van der Waals surface area contributed by atoms with Crippen LogP contribution in [-0.4, -0.2) is 51.5 Å². The molecule has 0 radical (unpaired) electrons. The highest BCUT2D eigenvalue weighted by molar-refractivity contribution is 8.26. The summed E-state index contributed by atoms with van der Waals surface area (Å²) in [7, 11) is 1.68. The Balaban J connectivity index is 1.99. The molecule has 0 N–H and O–H groups in total. The molecule has 0 aromatic carbocycles. The molecule has 2 unspecified atom stereocenters. The van der Waals surface area contributed by atoms with E-state index in [1.807, 2.05) is 19.9 Å². The zero-order chi connectivity index (χ0) is 25.0. The first kappa shape index (κ1) is 26.5. The number of pyridine rings is 1. The summed E-state index contributed by atoms with van der Waals surface area (Å²) >= 11 is 6.81. The maximum atomic E-state index is 13.2. The number of aromatic nitrogens is 1. The number of unbranched alkanes of at least 4 members (excludes halogenated alkanes) is 4. The third-order valence-corrected chi connectivity index (χ3v) is 7.70. The number of carbonyl (C=O) groups is 1. The Morgan fingerprint density at radius 3 is 2.44 bits per heavy atom. The van der Waals surface area contributed by atoms with Gasteiger partial charge in [-0.15, -0.1) is 0 Å². The molecular weight excluding hydrogens is 468 g/mol. The number of hydrogen-bond acceptors (Lipinski definition) is 7. The Hall–Kier alpha value is -2.15. The second-order valence-electron chi connectivity index (χ2n) is 9.12. The van der Waals surface area contributed by atoms with Crippen molar-refractivity contribution in [1.82, 2.24) is 9.47 Å². The molecule has 3 rings (SSSR count). The predicted molar refractivity (Wildman–Crippen MR) is 142 cm³/mol. The van der Waals surface area contributed by atoms with Crippen molar-refractivity contribution in [2.45, 2.75) is 72.0 Å². The summed E-state index contributed by atoms with van der Waals surface area (Å²) in [6.07, 6.45) is 7.34. The molecule has 7 nitrogen and oxygen atoms in total. The monoisotopic (exact) mass is 502 g/mol. The highest BCUT2D eigenvalue weighted by Gasteiger charge is 2.33.